The van der Waals surface area contributed by atoms with Crippen molar-refractivity contribution in [3.63, 3.8) is 0 Å². The molecule has 56 heavy (non-hydrogen) atoms. The Hall–Kier alpha value is -5.12. The minimum Gasteiger partial charge on any atom is -0.459 e. The number of carbonyl (C=O) groups is 2. The maximum Gasteiger partial charge on any atom is 0.261 e. The van der Waals surface area contributed by atoms with Crippen molar-refractivity contribution in [3.8, 4) is 0 Å². The standard InChI is InChI=1S/C48H49NO6Si/c1-48(2,3)56(39-20-12-6-13-21-39,40-22-14-7-15-23-40)54-31-35-29-41-45(47(52)49(46(41)51)36-18-10-5-11-19-36)42-32-53-43(44(35)42)27-24-34(33-16-8-4-9-17-33)28-37-25-26-38(30-50)55-37/h4-23,25-26,28,41-43,45,50H,24,27,29-32H2,1-3H3/b34-28-/t41-,42+,43-,45-/m1/s1. The van der Waals surface area contributed by atoms with Crippen LogP contribution in [-0.2, 0) is 25.4 Å². The van der Waals surface area contributed by atoms with Crippen molar-refractivity contribution < 1.29 is 28.3 Å². The van der Waals surface area contributed by atoms with E-state index in [0.717, 1.165) is 22.3 Å². The normalized spacial score (nSPS) is 21.4. The largest absolute Gasteiger partial charge is 0.459 e. The third kappa shape index (κ3) is 6.96. The summed E-state index contributed by atoms with van der Waals surface area (Å²) in [4.78, 5) is 30.1. The molecule has 286 valence electrons. The summed E-state index contributed by atoms with van der Waals surface area (Å²) in [5, 5.41) is 11.8. The van der Waals surface area contributed by atoms with Gasteiger partial charge < -0.3 is 18.7 Å². The number of nitrogens with zero attached hydrogens (tertiary/aromatic N) is 1. The number of hydrogen-bond acceptors (Lipinski definition) is 6. The van der Waals surface area contributed by atoms with Gasteiger partial charge >= 0.3 is 0 Å². The third-order valence-corrected chi connectivity index (χ3v) is 16.9. The fourth-order valence-corrected chi connectivity index (χ4v) is 13.9. The van der Waals surface area contributed by atoms with Crippen molar-refractivity contribution in [3.05, 3.63) is 162 Å². The summed E-state index contributed by atoms with van der Waals surface area (Å²) < 4.78 is 20.1. The van der Waals surface area contributed by atoms with Gasteiger partial charge in [-0.25, -0.2) is 0 Å². The zero-order valence-electron chi connectivity index (χ0n) is 32.3. The van der Waals surface area contributed by atoms with Gasteiger partial charge in [-0.3, -0.25) is 14.5 Å². The Morgan fingerprint density at radius 3 is 2.00 bits per heavy atom. The molecule has 1 N–H and O–H groups in total. The van der Waals surface area contributed by atoms with Crippen LogP contribution < -0.4 is 15.3 Å². The Bertz CT molecular complexity index is 2190. The molecule has 0 unspecified atom stereocenters. The van der Waals surface area contributed by atoms with Gasteiger partial charge in [0, 0.05) is 5.92 Å². The number of carbonyl (C=O) groups excluding carboxylic acids is 2. The Morgan fingerprint density at radius 1 is 0.804 bits per heavy atom. The fraction of sp³-hybridized carbons (Fsp3) is 0.292. The summed E-state index contributed by atoms with van der Waals surface area (Å²) in [5.74, 6) is -0.326. The minimum absolute atomic E-state index is 0.146. The first-order chi connectivity index (χ1) is 27.2. The van der Waals surface area contributed by atoms with E-state index in [4.69, 9.17) is 13.6 Å². The zero-order valence-corrected chi connectivity index (χ0v) is 33.3. The molecule has 0 bridgehead atoms. The van der Waals surface area contributed by atoms with E-state index in [0.29, 0.717) is 49.7 Å². The summed E-state index contributed by atoms with van der Waals surface area (Å²) >= 11 is 0. The van der Waals surface area contributed by atoms with Crippen LogP contribution in [0.15, 0.2) is 149 Å². The predicted octanol–water partition coefficient (Wildman–Crippen LogP) is 8.19. The van der Waals surface area contributed by atoms with E-state index in [2.05, 4.69) is 81.4 Å². The van der Waals surface area contributed by atoms with Gasteiger partial charge in [-0.1, -0.05) is 130 Å². The molecule has 5 aromatic rings. The van der Waals surface area contributed by atoms with Crippen LogP contribution in [0.3, 0.4) is 0 Å². The first-order valence-corrected chi connectivity index (χ1v) is 21.6. The molecule has 3 aliphatic rings. The van der Waals surface area contributed by atoms with Crippen LogP contribution in [0.4, 0.5) is 5.69 Å². The van der Waals surface area contributed by atoms with Crippen LogP contribution in [0.5, 0.6) is 0 Å². The van der Waals surface area contributed by atoms with Crippen LogP contribution in [0.2, 0.25) is 5.04 Å². The van der Waals surface area contributed by atoms with E-state index < -0.39 is 20.2 Å². The average Bonchev–Trinajstić information content (AvgIpc) is 3.93. The molecule has 2 saturated heterocycles. The van der Waals surface area contributed by atoms with E-state index in [-0.39, 0.29) is 35.5 Å². The summed E-state index contributed by atoms with van der Waals surface area (Å²) in [7, 11) is -2.93. The number of hydrogen-bond donors (Lipinski definition) is 1. The molecule has 0 spiro atoms. The Kier molecular flexibility index (Phi) is 10.7. The lowest BCUT2D eigenvalue weighted by molar-refractivity contribution is -0.122. The highest BCUT2D eigenvalue weighted by molar-refractivity contribution is 6.99. The van der Waals surface area contributed by atoms with Gasteiger partial charge in [0.05, 0.1) is 36.8 Å². The number of ether oxygens (including phenoxy) is 1. The number of para-hydroxylation sites is 1. The van der Waals surface area contributed by atoms with Crippen molar-refractivity contribution in [2.75, 3.05) is 18.1 Å². The molecule has 1 aliphatic carbocycles. The SMILES string of the molecule is CC(C)(C)[Si](OCC1=C2[C@@H](CC/C(=C/c3ccc(CO)o3)c3ccccc3)OC[C@@H]2[C@@H]2C(=O)N(c3ccccc3)C(=O)[C@@H]2C1)(c1ccccc1)c1ccccc1. The van der Waals surface area contributed by atoms with Gasteiger partial charge in [-0.15, -0.1) is 0 Å². The van der Waals surface area contributed by atoms with E-state index in [1.54, 1.807) is 6.07 Å². The molecule has 2 aliphatic heterocycles. The summed E-state index contributed by atoms with van der Waals surface area (Å²) in [6, 6.07) is 44.4. The van der Waals surface area contributed by atoms with Gasteiger partial charge in [-0.05, 0) is 87.3 Å². The molecule has 4 atom stereocenters. The van der Waals surface area contributed by atoms with Crippen LogP contribution in [0, 0.1) is 17.8 Å². The average molecular weight is 764 g/mol. The van der Waals surface area contributed by atoms with Crippen molar-refractivity contribution in [2.45, 2.75) is 57.8 Å². The number of allylic oxidation sites excluding steroid dienone is 1. The Balaban J connectivity index is 1.19. The molecule has 0 radical (unpaired) electrons. The maximum atomic E-state index is 14.4. The zero-order chi connectivity index (χ0) is 38.9. The highest BCUT2D eigenvalue weighted by Gasteiger charge is 2.58. The molecule has 1 aromatic heterocycles. The molecule has 3 heterocycles. The van der Waals surface area contributed by atoms with E-state index in [9.17, 15) is 14.7 Å². The number of fused-ring (bicyclic) bond motifs is 3. The van der Waals surface area contributed by atoms with Crippen molar-refractivity contribution in [2.24, 2.45) is 17.8 Å². The maximum absolute atomic E-state index is 14.4. The number of furan rings is 1. The number of aliphatic hydroxyl groups excluding tert-OH is 1. The quantitative estimate of drug-likeness (QED) is 0.0784. The van der Waals surface area contributed by atoms with Gasteiger partial charge in [0.25, 0.3) is 8.32 Å². The summed E-state index contributed by atoms with van der Waals surface area (Å²) in [6.07, 6.45) is 3.57. The molecule has 8 rings (SSSR count). The van der Waals surface area contributed by atoms with Gasteiger partial charge in [0.1, 0.15) is 18.1 Å². The monoisotopic (exact) mass is 763 g/mol. The number of benzene rings is 4. The third-order valence-electron chi connectivity index (χ3n) is 11.9. The van der Waals surface area contributed by atoms with Crippen LogP contribution >= 0.6 is 0 Å². The lowest BCUT2D eigenvalue weighted by Gasteiger charge is -2.44. The molecule has 0 saturated carbocycles. The Labute approximate surface area is 330 Å². The number of imide groups is 1. The fourth-order valence-electron chi connectivity index (χ4n) is 9.36. The van der Waals surface area contributed by atoms with Gasteiger partial charge in [0.2, 0.25) is 11.8 Å². The highest BCUT2D eigenvalue weighted by atomic mass is 28.4. The molecule has 2 amide bonds. The number of amides is 2. The molecule has 7 nitrogen and oxygen atoms in total. The van der Waals surface area contributed by atoms with Crippen molar-refractivity contribution in [1.82, 2.24) is 0 Å². The topological polar surface area (TPSA) is 89.2 Å². The minimum atomic E-state index is -2.93. The lowest BCUT2D eigenvalue weighted by Crippen LogP contribution is -2.66. The smallest absolute Gasteiger partial charge is 0.261 e. The van der Waals surface area contributed by atoms with E-state index in [1.165, 1.54) is 15.3 Å². The first kappa shape index (κ1) is 37.8. The van der Waals surface area contributed by atoms with Crippen LogP contribution in [-0.4, -0.2) is 44.6 Å². The molecule has 8 heteroatoms. The molecular formula is C48H49NO6Si. The number of rotatable bonds is 12. The van der Waals surface area contributed by atoms with Crippen LogP contribution in [0.25, 0.3) is 11.6 Å². The lowest BCUT2D eigenvalue weighted by atomic mass is 9.69. The Morgan fingerprint density at radius 2 is 1.41 bits per heavy atom. The molecule has 4 aromatic carbocycles. The molecular weight excluding hydrogens is 715 g/mol. The van der Waals surface area contributed by atoms with E-state index in [1.807, 2.05) is 72.8 Å². The van der Waals surface area contributed by atoms with Crippen molar-refractivity contribution in [1.29, 1.82) is 0 Å². The first-order valence-electron chi connectivity index (χ1n) is 19.7. The number of anilines is 1. The summed E-state index contributed by atoms with van der Waals surface area (Å²) in [5.41, 5.74) is 4.96. The van der Waals surface area contributed by atoms with Gasteiger partial charge in [-0.2, -0.15) is 0 Å². The van der Waals surface area contributed by atoms with Crippen LogP contribution in [0.1, 0.15) is 57.1 Å². The second-order valence-electron chi connectivity index (χ2n) is 16.2. The second-order valence-corrected chi connectivity index (χ2v) is 20.5. The van der Waals surface area contributed by atoms with E-state index >= 15 is 0 Å². The highest BCUT2D eigenvalue weighted by Crippen LogP contribution is 2.51. The molecule has 2 fully saturated rings. The predicted molar refractivity (Wildman–Crippen MR) is 223 cm³/mol. The van der Waals surface area contributed by atoms with Crippen molar-refractivity contribution >= 4 is 47.8 Å². The number of aliphatic hydroxyl groups is 1. The summed E-state index contributed by atoms with van der Waals surface area (Å²) in [6.45, 7) is 7.36. The second kappa shape index (κ2) is 15.8. The van der Waals surface area contributed by atoms with Gasteiger partial charge in [0.15, 0.2) is 0 Å².